The highest BCUT2D eigenvalue weighted by atomic mass is 15.1. The van der Waals surface area contributed by atoms with Gasteiger partial charge in [0.2, 0.25) is 0 Å². The molecule has 202 valence electrons. The second-order valence-corrected chi connectivity index (χ2v) is 10.7. The Bertz CT molecular complexity index is 1900. The molecule has 6 aromatic rings. The molecule has 6 rings (SSSR count). The van der Waals surface area contributed by atoms with Gasteiger partial charge in [-0.2, -0.15) is 10.5 Å². The summed E-state index contributed by atoms with van der Waals surface area (Å²) in [7, 11) is 7.98. The van der Waals surface area contributed by atoms with E-state index in [4.69, 9.17) is 4.98 Å². The van der Waals surface area contributed by atoms with Gasteiger partial charge in [0.15, 0.2) is 0 Å². The van der Waals surface area contributed by atoms with E-state index < -0.39 is 0 Å². The van der Waals surface area contributed by atoms with Crippen molar-refractivity contribution in [3.63, 3.8) is 0 Å². The van der Waals surface area contributed by atoms with Crippen molar-refractivity contribution >= 4 is 32.9 Å². The van der Waals surface area contributed by atoms with Crippen LogP contribution in [0.4, 0.5) is 11.4 Å². The first kappa shape index (κ1) is 26.6. The molecule has 5 heteroatoms. The standard InChI is InChI=1S/C37H29N5/c1-41(2)28-17-13-24(14-18-28)36-32(22-38)35(33(23-39)37(40-36)25-15-19-29(20-16-25)42(3)4)34-30-11-7-5-9-26(30)21-27-10-6-8-12-31(27)34/h5-21H,1-4H3. The van der Waals surface area contributed by atoms with Gasteiger partial charge in [-0.1, -0.05) is 72.8 Å². The van der Waals surface area contributed by atoms with Crippen LogP contribution < -0.4 is 9.80 Å². The maximum atomic E-state index is 10.8. The van der Waals surface area contributed by atoms with Crippen LogP contribution >= 0.6 is 0 Å². The van der Waals surface area contributed by atoms with Crippen molar-refractivity contribution in [3.05, 3.63) is 114 Å². The van der Waals surface area contributed by atoms with Gasteiger partial charge in [0.25, 0.3) is 0 Å². The van der Waals surface area contributed by atoms with Crippen molar-refractivity contribution in [3.8, 4) is 45.8 Å². The highest BCUT2D eigenvalue weighted by molar-refractivity contribution is 6.15. The van der Waals surface area contributed by atoms with Crippen molar-refractivity contribution in [2.45, 2.75) is 0 Å². The lowest BCUT2D eigenvalue weighted by Crippen LogP contribution is -2.08. The Morgan fingerprint density at radius 3 is 1.31 bits per heavy atom. The van der Waals surface area contributed by atoms with Gasteiger partial charge in [-0.3, -0.25) is 0 Å². The highest BCUT2D eigenvalue weighted by Gasteiger charge is 2.26. The minimum atomic E-state index is 0.388. The summed E-state index contributed by atoms with van der Waals surface area (Å²) in [5.74, 6) is 0. The van der Waals surface area contributed by atoms with E-state index in [0.29, 0.717) is 28.1 Å². The van der Waals surface area contributed by atoms with Crippen molar-refractivity contribution in [1.82, 2.24) is 4.98 Å². The number of pyridine rings is 1. The maximum absolute atomic E-state index is 10.8. The Kier molecular flexibility index (Phi) is 6.79. The van der Waals surface area contributed by atoms with E-state index in [0.717, 1.165) is 49.6 Å². The maximum Gasteiger partial charge on any atom is 0.102 e. The molecular weight excluding hydrogens is 514 g/mol. The van der Waals surface area contributed by atoms with Crippen LogP contribution in [0.15, 0.2) is 103 Å². The lowest BCUT2D eigenvalue weighted by atomic mass is 9.85. The first-order valence-corrected chi connectivity index (χ1v) is 13.8. The molecule has 5 aromatic carbocycles. The lowest BCUT2D eigenvalue weighted by molar-refractivity contribution is 1.13. The number of anilines is 2. The van der Waals surface area contributed by atoms with Gasteiger partial charge in [-0.15, -0.1) is 0 Å². The monoisotopic (exact) mass is 543 g/mol. The van der Waals surface area contributed by atoms with Crippen LogP contribution in [0, 0.1) is 22.7 Å². The summed E-state index contributed by atoms with van der Waals surface area (Å²) < 4.78 is 0. The van der Waals surface area contributed by atoms with Crippen molar-refractivity contribution in [1.29, 1.82) is 10.5 Å². The van der Waals surface area contributed by atoms with Gasteiger partial charge in [-0.25, -0.2) is 4.98 Å². The van der Waals surface area contributed by atoms with Crippen molar-refractivity contribution in [2.75, 3.05) is 38.0 Å². The van der Waals surface area contributed by atoms with E-state index in [9.17, 15) is 10.5 Å². The molecule has 0 amide bonds. The van der Waals surface area contributed by atoms with E-state index in [1.165, 1.54) is 0 Å². The molecule has 0 unspecified atom stereocenters. The first-order valence-electron chi connectivity index (χ1n) is 13.8. The molecule has 1 heterocycles. The zero-order chi connectivity index (χ0) is 29.4. The lowest BCUT2D eigenvalue weighted by Gasteiger charge is -2.20. The number of hydrogen-bond donors (Lipinski definition) is 0. The molecule has 0 spiro atoms. The first-order chi connectivity index (χ1) is 20.4. The Morgan fingerprint density at radius 2 is 0.929 bits per heavy atom. The quantitative estimate of drug-likeness (QED) is 0.205. The molecule has 0 saturated carbocycles. The van der Waals surface area contributed by atoms with E-state index >= 15 is 0 Å². The number of aromatic nitrogens is 1. The molecule has 0 N–H and O–H groups in total. The smallest absolute Gasteiger partial charge is 0.102 e. The number of hydrogen-bond acceptors (Lipinski definition) is 5. The molecule has 42 heavy (non-hydrogen) atoms. The Morgan fingerprint density at radius 1 is 0.524 bits per heavy atom. The summed E-state index contributed by atoms with van der Waals surface area (Å²) >= 11 is 0. The number of benzene rings is 5. The van der Waals surface area contributed by atoms with Crippen LogP contribution in [0.1, 0.15) is 11.1 Å². The van der Waals surface area contributed by atoms with Crippen LogP contribution in [0.5, 0.6) is 0 Å². The summed E-state index contributed by atoms with van der Waals surface area (Å²) in [5, 5.41) is 25.6. The molecule has 0 bridgehead atoms. The average Bonchev–Trinajstić information content (AvgIpc) is 3.02. The molecule has 0 radical (unpaired) electrons. The second kappa shape index (κ2) is 10.7. The van der Waals surface area contributed by atoms with Crippen LogP contribution in [-0.4, -0.2) is 33.2 Å². The number of nitrogens with zero attached hydrogens (tertiary/aromatic N) is 5. The largest absolute Gasteiger partial charge is 0.378 e. The minimum absolute atomic E-state index is 0.388. The zero-order valence-electron chi connectivity index (χ0n) is 24.1. The Balaban J connectivity index is 1.78. The van der Waals surface area contributed by atoms with E-state index in [1.54, 1.807) is 0 Å². The number of nitriles is 2. The summed E-state index contributed by atoms with van der Waals surface area (Å²) in [6.45, 7) is 0. The third kappa shape index (κ3) is 4.48. The molecule has 0 atom stereocenters. The average molecular weight is 544 g/mol. The highest BCUT2D eigenvalue weighted by Crippen LogP contribution is 2.44. The predicted molar refractivity (Wildman–Crippen MR) is 174 cm³/mol. The third-order valence-electron chi connectivity index (χ3n) is 7.76. The molecule has 0 saturated heterocycles. The van der Waals surface area contributed by atoms with Crippen molar-refractivity contribution < 1.29 is 0 Å². The molecule has 1 aromatic heterocycles. The van der Waals surface area contributed by atoms with E-state index in [-0.39, 0.29) is 0 Å². The molecule has 0 aliphatic rings. The van der Waals surface area contributed by atoms with Gasteiger partial charge in [0, 0.05) is 61.8 Å². The van der Waals surface area contributed by atoms with Crippen LogP contribution in [0.3, 0.4) is 0 Å². The van der Waals surface area contributed by atoms with Crippen LogP contribution in [0.2, 0.25) is 0 Å². The van der Waals surface area contributed by atoms with E-state index in [1.807, 2.05) is 111 Å². The fourth-order valence-corrected chi connectivity index (χ4v) is 5.59. The summed E-state index contributed by atoms with van der Waals surface area (Å²) in [6.07, 6.45) is 0. The predicted octanol–water partition coefficient (Wildman–Crippen LogP) is 8.26. The molecule has 0 aliphatic carbocycles. The van der Waals surface area contributed by atoms with E-state index in [2.05, 4.69) is 42.5 Å². The molecule has 0 aliphatic heterocycles. The third-order valence-corrected chi connectivity index (χ3v) is 7.76. The van der Waals surface area contributed by atoms with Gasteiger partial charge in [-0.05, 0) is 51.9 Å². The van der Waals surface area contributed by atoms with Gasteiger partial charge in [0.05, 0.1) is 22.5 Å². The summed E-state index contributed by atoms with van der Waals surface area (Å²) in [4.78, 5) is 9.15. The van der Waals surface area contributed by atoms with Crippen molar-refractivity contribution in [2.24, 2.45) is 0 Å². The van der Waals surface area contributed by atoms with Gasteiger partial charge in [0.1, 0.15) is 12.1 Å². The fraction of sp³-hybridized carbons (Fsp3) is 0.108. The molecular formula is C37H29N5. The number of rotatable bonds is 5. The second-order valence-electron chi connectivity index (χ2n) is 10.7. The van der Waals surface area contributed by atoms with Gasteiger partial charge >= 0.3 is 0 Å². The van der Waals surface area contributed by atoms with Crippen LogP contribution in [0.25, 0.3) is 55.2 Å². The molecule has 0 fully saturated rings. The SMILES string of the molecule is CN(C)c1ccc(-c2nc(-c3ccc(N(C)C)cc3)c(C#N)c(-c3c4ccccc4cc4ccccc34)c2C#N)cc1. The normalized spacial score (nSPS) is 10.8. The number of fused-ring (bicyclic) bond motifs is 2. The summed E-state index contributed by atoms with van der Waals surface area (Å²) in [6, 6.07) is 39.5. The Hall–Kier alpha value is -5.65. The van der Waals surface area contributed by atoms with Gasteiger partial charge < -0.3 is 9.80 Å². The zero-order valence-corrected chi connectivity index (χ0v) is 24.1. The topological polar surface area (TPSA) is 67.0 Å². The molecule has 5 nitrogen and oxygen atoms in total. The Labute approximate surface area is 246 Å². The fourth-order valence-electron chi connectivity index (χ4n) is 5.59. The van der Waals surface area contributed by atoms with Crippen LogP contribution in [-0.2, 0) is 0 Å². The summed E-state index contributed by atoms with van der Waals surface area (Å²) in [5.41, 5.74) is 7.10. The minimum Gasteiger partial charge on any atom is -0.378 e.